The normalized spacial score (nSPS) is 24.8. The van der Waals surface area contributed by atoms with Crippen molar-refractivity contribution in [2.24, 2.45) is 5.41 Å². The maximum atomic E-state index is 12.7. The average molecular weight is 295 g/mol. The molecule has 0 unspecified atom stereocenters. The monoisotopic (exact) mass is 295 g/mol. The number of hydrogen-bond donors (Lipinski definition) is 1. The summed E-state index contributed by atoms with van der Waals surface area (Å²) >= 11 is 0. The molecular formula is C17H23F2NO. The zero-order valence-corrected chi connectivity index (χ0v) is 12.3. The third kappa shape index (κ3) is 3.27. The van der Waals surface area contributed by atoms with Gasteiger partial charge in [0.25, 0.3) is 6.43 Å². The molecule has 1 spiro atoms. The van der Waals surface area contributed by atoms with Crippen LogP contribution in [0, 0.1) is 5.41 Å². The smallest absolute Gasteiger partial charge is 0.263 e. The lowest BCUT2D eigenvalue weighted by Gasteiger charge is -2.39. The summed E-state index contributed by atoms with van der Waals surface area (Å²) in [6, 6.07) is 7.24. The van der Waals surface area contributed by atoms with E-state index < -0.39 is 6.43 Å². The number of rotatable bonds is 4. The Labute approximate surface area is 124 Å². The molecule has 1 N–H and O–H groups in total. The van der Waals surface area contributed by atoms with Gasteiger partial charge in [-0.05, 0) is 42.7 Å². The summed E-state index contributed by atoms with van der Waals surface area (Å²) in [5.41, 5.74) is 1.43. The maximum Gasteiger partial charge on any atom is 0.263 e. The van der Waals surface area contributed by atoms with Crippen LogP contribution < -0.4 is 5.32 Å². The first-order valence-corrected chi connectivity index (χ1v) is 7.88. The summed E-state index contributed by atoms with van der Waals surface area (Å²) < 4.78 is 31.0. The zero-order chi connectivity index (χ0) is 14.7. The van der Waals surface area contributed by atoms with E-state index in [9.17, 15) is 8.78 Å². The lowest BCUT2D eigenvalue weighted by molar-refractivity contribution is 0.00414. The van der Waals surface area contributed by atoms with E-state index in [4.69, 9.17) is 4.74 Å². The van der Waals surface area contributed by atoms with Crippen molar-refractivity contribution in [3.05, 3.63) is 35.4 Å². The van der Waals surface area contributed by atoms with Crippen LogP contribution in [0.1, 0.15) is 49.7 Å². The number of halogens is 2. The average Bonchev–Trinajstić information content (AvgIpc) is 2.88. The Hall–Kier alpha value is -1.00. The fraction of sp³-hybridized carbons (Fsp3) is 0.647. The molecule has 0 bridgehead atoms. The second-order valence-corrected chi connectivity index (χ2v) is 6.35. The van der Waals surface area contributed by atoms with Gasteiger partial charge in [0, 0.05) is 31.4 Å². The fourth-order valence-electron chi connectivity index (χ4n) is 3.91. The maximum absolute atomic E-state index is 12.7. The molecule has 116 valence electrons. The van der Waals surface area contributed by atoms with Crippen LogP contribution in [-0.4, -0.2) is 19.3 Å². The van der Waals surface area contributed by atoms with Crippen molar-refractivity contribution in [1.82, 2.24) is 5.32 Å². The lowest BCUT2D eigenvalue weighted by Crippen LogP contribution is -2.44. The van der Waals surface area contributed by atoms with Crippen molar-refractivity contribution in [1.29, 1.82) is 0 Å². The van der Waals surface area contributed by atoms with E-state index in [0.29, 0.717) is 18.0 Å². The molecule has 2 nitrogen and oxygen atoms in total. The van der Waals surface area contributed by atoms with Crippen molar-refractivity contribution in [2.45, 2.75) is 51.1 Å². The highest BCUT2D eigenvalue weighted by Crippen LogP contribution is 2.46. The summed E-state index contributed by atoms with van der Waals surface area (Å²) in [5.74, 6) is 0. The van der Waals surface area contributed by atoms with Gasteiger partial charge >= 0.3 is 0 Å². The third-order valence-electron chi connectivity index (χ3n) is 5.15. The molecule has 1 aromatic carbocycles. The first kappa shape index (κ1) is 14.9. The number of alkyl halides is 2. The van der Waals surface area contributed by atoms with Crippen LogP contribution in [0.4, 0.5) is 8.78 Å². The Kier molecular flexibility index (Phi) is 4.55. The number of hydrogen-bond acceptors (Lipinski definition) is 2. The third-order valence-corrected chi connectivity index (χ3v) is 5.15. The van der Waals surface area contributed by atoms with Crippen molar-refractivity contribution in [2.75, 3.05) is 13.2 Å². The molecule has 1 saturated heterocycles. The van der Waals surface area contributed by atoms with Gasteiger partial charge < -0.3 is 10.1 Å². The Morgan fingerprint density at radius 1 is 1.24 bits per heavy atom. The first-order chi connectivity index (χ1) is 10.2. The van der Waals surface area contributed by atoms with E-state index in [1.165, 1.54) is 25.3 Å². The predicted molar refractivity (Wildman–Crippen MR) is 78.4 cm³/mol. The van der Waals surface area contributed by atoms with Crippen LogP contribution in [0.5, 0.6) is 0 Å². The molecule has 1 aliphatic heterocycles. The summed E-state index contributed by atoms with van der Waals surface area (Å²) in [6.45, 7) is 2.39. The minimum absolute atomic E-state index is 0.113. The molecular weight excluding hydrogens is 272 g/mol. The second-order valence-electron chi connectivity index (χ2n) is 6.35. The van der Waals surface area contributed by atoms with E-state index in [2.05, 4.69) is 5.32 Å². The Bertz CT molecular complexity index is 472. The Morgan fingerprint density at radius 2 is 2.05 bits per heavy atom. The molecule has 1 atom stereocenters. The summed E-state index contributed by atoms with van der Waals surface area (Å²) in [4.78, 5) is 0. The first-order valence-electron chi connectivity index (χ1n) is 7.88. The molecule has 2 fully saturated rings. The van der Waals surface area contributed by atoms with E-state index in [1.807, 2.05) is 6.07 Å². The topological polar surface area (TPSA) is 21.3 Å². The SMILES string of the molecule is FC(F)c1cccc(CN[C@H]2CCCC23CCOCC3)c1. The van der Waals surface area contributed by atoms with Crippen LogP contribution in [0.3, 0.4) is 0 Å². The Morgan fingerprint density at radius 3 is 2.81 bits per heavy atom. The van der Waals surface area contributed by atoms with Gasteiger partial charge in [-0.3, -0.25) is 0 Å². The van der Waals surface area contributed by atoms with Crippen molar-refractivity contribution in [3.8, 4) is 0 Å². The molecule has 1 aliphatic carbocycles. The van der Waals surface area contributed by atoms with Crippen LogP contribution in [-0.2, 0) is 11.3 Å². The van der Waals surface area contributed by atoms with Crippen molar-refractivity contribution in [3.63, 3.8) is 0 Å². The lowest BCUT2D eigenvalue weighted by atomic mass is 9.75. The molecule has 2 aliphatic rings. The van der Waals surface area contributed by atoms with Crippen LogP contribution >= 0.6 is 0 Å². The van der Waals surface area contributed by atoms with Gasteiger partial charge in [0.15, 0.2) is 0 Å². The summed E-state index contributed by atoms with van der Waals surface area (Å²) in [7, 11) is 0. The molecule has 4 heteroatoms. The largest absolute Gasteiger partial charge is 0.381 e. The van der Waals surface area contributed by atoms with Crippen LogP contribution in [0.2, 0.25) is 0 Å². The van der Waals surface area contributed by atoms with Crippen molar-refractivity contribution < 1.29 is 13.5 Å². The number of ether oxygens (including phenoxy) is 1. The minimum Gasteiger partial charge on any atom is -0.381 e. The standard InChI is InChI=1S/C17H23F2NO/c18-16(19)14-4-1-3-13(11-14)12-20-15-5-2-6-17(15)7-9-21-10-8-17/h1,3-4,11,15-16,20H,2,5-10,12H2/t15-/m0/s1. The van der Waals surface area contributed by atoms with Gasteiger partial charge in [0.1, 0.15) is 0 Å². The molecule has 21 heavy (non-hydrogen) atoms. The van der Waals surface area contributed by atoms with Gasteiger partial charge in [-0.2, -0.15) is 0 Å². The van der Waals surface area contributed by atoms with E-state index >= 15 is 0 Å². The molecule has 0 aromatic heterocycles. The van der Waals surface area contributed by atoms with Crippen molar-refractivity contribution >= 4 is 0 Å². The van der Waals surface area contributed by atoms with Gasteiger partial charge in [0.05, 0.1) is 0 Å². The van der Waals surface area contributed by atoms with Gasteiger partial charge in [0.2, 0.25) is 0 Å². The van der Waals surface area contributed by atoms with E-state index in [-0.39, 0.29) is 5.56 Å². The zero-order valence-electron chi connectivity index (χ0n) is 12.3. The van der Waals surface area contributed by atoms with E-state index in [1.54, 1.807) is 12.1 Å². The molecule has 0 amide bonds. The van der Waals surface area contributed by atoms with Gasteiger partial charge in [-0.15, -0.1) is 0 Å². The highest BCUT2D eigenvalue weighted by atomic mass is 19.3. The predicted octanol–water partition coefficient (Wildman–Crippen LogP) is 4.06. The molecule has 1 aromatic rings. The molecule has 0 radical (unpaired) electrons. The summed E-state index contributed by atoms with van der Waals surface area (Å²) in [5, 5.41) is 3.62. The number of benzene rings is 1. The van der Waals surface area contributed by atoms with E-state index in [0.717, 1.165) is 31.6 Å². The van der Waals surface area contributed by atoms with Gasteiger partial charge in [-0.1, -0.05) is 24.6 Å². The molecule has 1 heterocycles. The summed E-state index contributed by atoms with van der Waals surface area (Å²) in [6.07, 6.45) is 3.58. The fourth-order valence-corrected chi connectivity index (χ4v) is 3.91. The Balaban J connectivity index is 1.63. The minimum atomic E-state index is -2.39. The second kappa shape index (κ2) is 6.41. The van der Waals surface area contributed by atoms with Gasteiger partial charge in [-0.25, -0.2) is 8.78 Å². The van der Waals surface area contributed by atoms with Crippen LogP contribution in [0.25, 0.3) is 0 Å². The molecule has 3 rings (SSSR count). The number of nitrogens with one attached hydrogen (secondary N) is 1. The highest BCUT2D eigenvalue weighted by molar-refractivity contribution is 5.24. The highest BCUT2D eigenvalue weighted by Gasteiger charge is 2.43. The molecule has 1 saturated carbocycles. The quantitative estimate of drug-likeness (QED) is 0.904. The van der Waals surface area contributed by atoms with Crippen LogP contribution in [0.15, 0.2) is 24.3 Å².